The fraction of sp³-hybridized carbons (Fsp3) is 0.107. The van der Waals surface area contributed by atoms with Gasteiger partial charge in [0.2, 0.25) is 0 Å². The van der Waals surface area contributed by atoms with E-state index in [1.807, 2.05) is 19.9 Å². The number of hydrogen-bond donors (Lipinski definition) is 3. The number of carbonyl (C=O) groups is 1. The molecule has 0 fully saturated rings. The molecule has 0 aromatic heterocycles. The van der Waals surface area contributed by atoms with Crippen molar-refractivity contribution in [1.82, 2.24) is 0 Å². The van der Waals surface area contributed by atoms with E-state index in [4.69, 9.17) is 11.6 Å². The van der Waals surface area contributed by atoms with Crippen LogP contribution in [0.1, 0.15) is 27.0 Å². The van der Waals surface area contributed by atoms with Crippen LogP contribution in [0.4, 0.5) is 17.1 Å². The van der Waals surface area contributed by atoms with Crippen molar-refractivity contribution in [3.05, 3.63) is 112 Å². The smallest absolute Gasteiger partial charge is 0.262 e. The lowest BCUT2D eigenvalue weighted by atomic mass is 10.1. The van der Waals surface area contributed by atoms with Crippen LogP contribution in [0.15, 0.2) is 94.7 Å². The van der Waals surface area contributed by atoms with Crippen molar-refractivity contribution in [2.24, 2.45) is 0 Å². The van der Waals surface area contributed by atoms with Crippen LogP contribution in [0.3, 0.4) is 0 Å². The molecule has 4 aromatic carbocycles. The standard InChI is InChI=1S/C28H26ClN3O5S2/c1-18-5-4-6-26(20(18)3)32-39(36,37)27-17-21(8-7-19(27)2)28(33)30-23-13-15-25(16-14-23)38(34,35)31-24-11-9-22(29)10-12-24/h4-17,31-32H,1-3H3,(H,30,33). The van der Waals surface area contributed by atoms with Gasteiger partial charge in [0.05, 0.1) is 15.5 Å². The molecule has 0 aliphatic rings. The van der Waals surface area contributed by atoms with Crippen LogP contribution in [-0.2, 0) is 20.0 Å². The first-order chi connectivity index (χ1) is 18.4. The van der Waals surface area contributed by atoms with E-state index in [1.165, 1.54) is 36.4 Å². The van der Waals surface area contributed by atoms with Gasteiger partial charge in [-0.2, -0.15) is 0 Å². The molecule has 0 heterocycles. The Hall–Kier alpha value is -3.86. The van der Waals surface area contributed by atoms with E-state index in [0.717, 1.165) is 11.1 Å². The first kappa shape index (κ1) is 28.2. The van der Waals surface area contributed by atoms with Crippen molar-refractivity contribution in [2.75, 3.05) is 14.8 Å². The molecule has 4 aromatic rings. The van der Waals surface area contributed by atoms with Gasteiger partial charge in [0.1, 0.15) is 0 Å². The monoisotopic (exact) mass is 583 g/mol. The fourth-order valence-electron chi connectivity index (χ4n) is 3.74. The summed E-state index contributed by atoms with van der Waals surface area (Å²) in [5.74, 6) is -0.548. The van der Waals surface area contributed by atoms with Crippen LogP contribution in [0, 0.1) is 20.8 Å². The Balaban J connectivity index is 1.51. The predicted molar refractivity (Wildman–Crippen MR) is 155 cm³/mol. The third-order valence-electron chi connectivity index (χ3n) is 6.11. The highest BCUT2D eigenvalue weighted by Gasteiger charge is 2.21. The number of amides is 1. The van der Waals surface area contributed by atoms with Crippen molar-refractivity contribution < 1.29 is 21.6 Å². The second-order valence-electron chi connectivity index (χ2n) is 8.92. The summed E-state index contributed by atoms with van der Waals surface area (Å²) in [7, 11) is -7.83. The molecular formula is C28H26ClN3O5S2. The lowest BCUT2D eigenvalue weighted by Gasteiger charge is -2.15. The van der Waals surface area contributed by atoms with Crippen LogP contribution in [0.5, 0.6) is 0 Å². The summed E-state index contributed by atoms with van der Waals surface area (Å²) in [5.41, 5.74) is 3.51. The van der Waals surface area contributed by atoms with Crippen molar-refractivity contribution in [2.45, 2.75) is 30.6 Å². The van der Waals surface area contributed by atoms with Gasteiger partial charge in [0.15, 0.2) is 0 Å². The highest BCUT2D eigenvalue weighted by molar-refractivity contribution is 7.93. The predicted octanol–water partition coefficient (Wildman–Crippen LogP) is 6.12. The molecule has 0 saturated heterocycles. The minimum absolute atomic E-state index is 0.00307. The molecule has 0 spiro atoms. The lowest BCUT2D eigenvalue weighted by Crippen LogP contribution is -2.18. The molecule has 11 heteroatoms. The van der Waals surface area contributed by atoms with Crippen molar-refractivity contribution >= 4 is 54.6 Å². The van der Waals surface area contributed by atoms with Crippen LogP contribution in [0.2, 0.25) is 5.02 Å². The van der Waals surface area contributed by atoms with Crippen LogP contribution < -0.4 is 14.8 Å². The zero-order valence-corrected chi connectivity index (χ0v) is 23.7. The van der Waals surface area contributed by atoms with Gasteiger partial charge in [0, 0.05) is 22.0 Å². The number of rotatable bonds is 8. The molecule has 0 aliphatic carbocycles. The fourth-order valence-corrected chi connectivity index (χ4v) is 6.32. The van der Waals surface area contributed by atoms with Crippen molar-refractivity contribution in [3.63, 3.8) is 0 Å². The number of nitrogens with one attached hydrogen (secondary N) is 3. The molecule has 0 bridgehead atoms. The summed E-state index contributed by atoms with van der Waals surface area (Å²) in [6.45, 7) is 5.37. The number of aryl methyl sites for hydroxylation is 2. The average molecular weight is 584 g/mol. The van der Waals surface area contributed by atoms with Gasteiger partial charge in [-0.25, -0.2) is 16.8 Å². The topological polar surface area (TPSA) is 121 Å². The maximum absolute atomic E-state index is 13.2. The Labute approximate surface area is 233 Å². The SMILES string of the molecule is Cc1ccc(C(=O)Nc2ccc(S(=O)(=O)Nc3ccc(Cl)cc3)cc2)cc1S(=O)(=O)Nc1cccc(C)c1C. The maximum Gasteiger partial charge on any atom is 0.262 e. The third kappa shape index (κ3) is 6.59. The highest BCUT2D eigenvalue weighted by atomic mass is 35.5. The summed E-state index contributed by atoms with van der Waals surface area (Å²) in [5, 5.41) is 3.15. The van der Waals surface area contributed by atoms with Gasteiger partial charge >= 0.3 is 0 Å². The first-order valence-corrected chi connectivity index (χ1v) is 15.1. The van der Waals surface area contributed by atoms with E-state index >= 15 is 0 Å². The first-order valence-electron chi connectivity index (χ1n) is 11.8. The van der Waals surface area contributed by atoms with Gasteiger partial charge in [-0.15, -0.1) is 0 Å². The largest absolute Gasteiger partial charge is 0.322 e. The number of halogens is 1. The van der Waals surface area contributed by atoms with E-state index in [1.54, 1.807) is 49.4 Å². The number of hydrogen-bond acceptors (Lipinski definition) is 5. The molecule has 202 valence electrons. The summed E-state index contributed by atoms with van der Waals surface area (Å²) < 4.78 is 56.8. The Kier molecular flexibility index (Phi) is 8.01. The third-order valence-corrected chi connectivity index (χ3v) is 9.26. The zero-order valence-electron chi connectivity index (χ0n) is 21.3. The number of sulfonamides is 2. The Morgan fingerprint density at radius 3 is 2.00 bits per heavy atom. The van der Waals surface area contributed by atoms with Crippen LogP contribution in [-0.4, -0.2) is 22.7 Å². The lowest BCUT2D eigenvalue weighted by molar-refractivity contribution is 0.102. The molecule has 1 amide bonds. The van der Waals surface area contributed by atoms with Crippen LogP contribution in [0.25, 0.3) is 0 Å². The number of anilines is 3. The molecular weight excluding hydrogens is 558 g/mol. The van der Waals surface area contributed by atoms with E-state index < -0.39 is 26.0 Å². The molecule has 8 nitrogen and oxygen atoms in total. The molecule has 0 unspecified atom stereocenters. The minimum Gasteiger partial charge on any atom is -0.322 e. The van der Waals surface area contributed by atoms with E-state index in [2.05, 4.69) is 14.8 Å². The second kappa shape index (κ2) is 11.1. The molecule has 0 saturated carbocycles. The quantitative estimate of drug-likeness (QED) is 0.231. The summed E-state index contributed by atoms with van der Waals surface area (Å²) >= 11 is 5.84. The summed E-state index contributed by atoms with van der Waals surface area (Å²) in [6.07, 6.45) is 0. The van der Waals surface area contributed by atoms with Crippen molar-refractivity contribution in [1.29, 1.82) is 0 Å². The maximum atomic E-state index is 13.2. The molecule has 0 aliphatic heterocycles. The Morgan fingerprint density at radius 1 is 0.692 bits per heavy atom. The van der Waals surface area contributed by atoms with Gasteiger partial charge in [-0.05, 0) is 104 Å². The van der Waals surface area contributed by atoms with E-state index in [-0.39, 0.29) is 15.4 Å². The zero-order chi connectivity index (χ0) is 28.4. The van der Waals surface area contributed by atoms with Crippen molar-refractivity contribution in [3.8, 4) is 0 Å². The Bertz CT molecular complexity index is 1750. The molecule has 39 heavy (non-hydrogen) atoms. The number of benzene rings is 4. The molecule has 4 rings (SSSR count). The average Bonchev–Trinajstić information content (AvgIpc) is 2.88. The normalized spacial score (nSPS) is 11.6. The van der Waals surface area contributed by atoms with Gasteiger partial charge < -0.3 is 5.32 Å². The van der Waals surface area contributed by atoms with E-state index in [0.29, 0.717) is 27.6 Å². The van der Waals surface area contributed by atoms with Gasteiger partial charge in [0.25, 0.3) is 26.0 Å². The molecule has 0 atom stereocenters. The number of carbonyl (C=O) groups excluding carboxylic acids is 1. The highest BCUT2D eigenvalue weighted by Crippen LogP contribution is 2.25. The van der Waals surface area contributed by atoms with Gasteiger partial charge in [-0.1, -0.05) is 29.8 Å². The molecule has 3 N–H and O–H groups in total. The van der Waals surface area contributed by atoms with Gasteiger partial charge in [-0.3, -0.25) is 14.2 Å². The second-order valence-corrected chi connectivity index (χ2v) is 12.7. The molecule has 0 radical (unpaired) electrons. The summed E-state index contributed by atoms with van der Waals surface area (Å²) in [4.78, 5) is 12.9. The van der Waals surface area contributed by atoms with E-state index in [9.17, 15) is 21.6 Å². The minimum atomic E-state index is -3.97. The Morgan fingerprint density at radius 2 is 1.33 bits per heavy atom. The summed E-state index contributed by atoms with van der Waals surface area (Å²) in [6, 6.07) is 21.6. The van der Waals surface area contributed by atoms with Crippen LogP contribution >= 0.6 is 11.6 Å².